The third kappa shape index (κ3) is 2.48. The minimum Gasteiger partial charge on any atom is -0.477 e. The van der Waals surface area contributed by atoms with Crippen molar-refractivity contribution in [1.29, 1.82) is 15.8 Å². The number of nitrogens with zero attached hydrogens (tertiary/aromatic N) is 5. The highest BCUT2D eigenvalue weighted by Crippen LogP contribution is 2.49. The van der Waals surface area contributed by atoms with Crippen LogP contribution in [0.5, 0.6) is 5.88 Å². The average molecular weight is 369 g/mol. The van der Waals surface area contributed by atoms with Crippen LogP contribution in [-0.2, 0) is 6.42 Å². The first-order chi connectivity index (χ1) is 13.7. The van der Waals surface area contributed by atoms with Gasteiger partial charge in [0.1, 0.15) is 17.5 Å². The normalized spacial score (nSPS) is 18.9. The second kappa shape index (κ2) is 6.87. The summed E-state index contributed by atoms with van der Waals surface area (Å²) >= 11 is 0. The van der Waals surface area contributed by atoms with Crippen molar-refractivity contribution in [3.63, 3.8) is 0 Å². The maximum absolute atomic E-state index is 9.93. The Balaban J connectivity index is 2.06. The number of ether oxygens (including phenoxy) is 1. The van der Waals surface area contributed by atoms with Crippen molar-refractivity contribution >= 4 is 5.82 Å². The van der Waals surface area contributed by atoms with E-state index in [-0.39, 0.29) is 12.5 Å². The summed E-state index contributed by atoms with van der Waals surface area (Å²) in [6.45, 7) is 3.00. The maximum Gasteiger partial charge on any atom is 0.234 e. The lowest BCUT2D eigenvalue weighted by molar-refractivity contribution is 0.323. The molecule has 0 bridgehead atoms. The fraction of sp³-hybridized carbons (Fsp3) is 0.364. The van der Waals surface area contributed by atoms with Crippen molar-refractivity contribution in [3.05, 3.63) is 41.5 Å². The van der Waals surface area contributed by atoms with Gasteiger partial charge in [-0.15, -0.1) is 0 Å². The van der Waals surface area contributed by atoms with E-state index in [1.165, 1.54) is 0 Å². The Kier molecular flexibility index (Phi) is 4.38. The molecule has 0 saturated carbocycles. The van der Waals surface area contributed by atoms with Gasteiger partial charge in [0.05, 0.1) is 24.8 Å². The quantitative estimate of drug-likeness (QED) is 0.820. The van der Waals surface area contributed by atoms with Gasteiger partial charge in [-0.3, -0.25) is 0 Å². The molecular weight excluding hydrogens is 350 g/mol. The monoisotopic (exact) mass is 369 g/mol. The summed E-state index contributed by atoms with van der Waals surface area (Å²) < 4.78 is 5.72. The zero-order valence-corrected chi connectivity index (χ0v) is 15.6. The van der Waals surface area contributed by atoms with Crippen molar-refractivity contribution in [2.45, 2.75) is 32.2 Å². The Morgan fingerprint density at radius 2 is 1.96 bits per heavy atom. The van der Waals surface area contributed by atoms with Gasteiger partial charge in [-0.2, -0.15) is 20.8 Å². The molecule has 0 radical (unpaired) electrons. The number of hydrogen-bond donors (Lipinski definition) is 0. The van der Waals surface area contributed by atoms with Gasteiger partial charge in [0.2, 0.25) is 5.88 Å². The lowest BCUT2D eigenvalue weighted by Gasteiger charge is -2.41. The number of aromatic nitrogens is 1. The number of pyridine rings is 1. The first-order valence-corrected chi connectivity index (χ1v) is 9.43. The molecule has 0 spiro atoms. The van der Waals surface area contributed by atoms with Crippen LogP contribution >= 0.6 is 0 Å². The second-order valence-electron chi connectivity index (χ2n) is 7.10. The molecule has 4 rings (SSSR count). The van der Waals surface area contributed by atoms with Crippen molar-refractivity contribution in [1.82, 2.24) is 4.98 Å². The number of anilines is 1. The molecule has 0 N–H and O–H groups in total. The van der Waals surface area contributed by atoms with Gasteiger partial charge in [0.25, 0.3) is 0 Å². The fourth-order valence-corrected chi connectivity index (χ4v) is 4.44. The van der Waals surface area contributed by atoms with Crippen LogP contribution in [0.25, 0.3) is 11.1 Å². The Morgan fingerprint density at radius 1 is 1.21 bits per heavy atom. The highest BCUT2D eigenvalue weighted by Gasteiger charge is 2.51. The topological polar surface area (TPSA) is 96.7 Å². The number of nitriles is 3. The Hall–Kier alpha value is -3.56. The van der Waals surface area contributed by atoms with Crippen LogP contribution in [0.3, 0.4) is 0 Å². The molecular formula is C22H19N5O. The van der Waals surface area contributed by atoms with E-state index in [4.69, 9.17) is 9.72 Å². The molecule has 1 aromatic carbocycles. The predicted molar refractivity (Wildman–Crippen MR) is 103 cm³/mol. The maximum atomic E-state index is 9.93. The van der Waals surface area contributed by atoms with Gasteiger partial charge in [-0.1, -0.05) is 30.3 Å². The summed E-state index contributed by atoms with van der Waals surface area (Å²) in [6.07, 6.45) is 1.95. The average Bonchev–Trinajstić information content (AvgIpc) is 3.24. The molecule has 1 aromatic heterocycles. The SMILES string of the molecule is CCOc1nc2c(c(-c3ccccc3)c1C#N)CC(C#N)(C#N)C1CCCN21. The molecule has 3 heterocycles. The first-order valence-electron chi connectivity index (χ1n) is 9.43. The van der Waals surface area contributed by atoms with Crippen LogP contribution in [-0.4, -0.2) is 24.2 Å². The second-order valence-corrected chi connectivity index (χ2v) is 7.10. The van der Waals surface area contributed by atoms with Crippen LogP contribution < -0.4 is 9.64 Å². The van der Waals surface area contributed by atoms with Crippen LogP contribution in [0.15, 0.2) is 30.3 Å². The largest absolute Gasteiger partial charge is 0.477 e. The number of rotatable bonds is 3. The van der Waals surface area contributed by atoms with Gasteiger partial charge in [-0.25, -0.2) is 0 Å². The highest BCUT2D eigenvalue weighted by atomic mass is 16.5. The summed E-state index contributed by atoms with van der Waals surface area (Å²) in [6, 6.07) is 16.2. The minimum atomic E-state index is -1.14. The molecule has 6 heteroatoms. The lowest BCUT2D eigenvalue weighted by Crippen LogP contribution is -2.49. The van der Waals surface area contributed by atoms with Gasteiger partial charge in [0.15, 0.2) is 5.41 Å². The Bertz CT molecular complexity index is 1030. The number of benzene rings is 1. The van der Waals surface area contributed by atoms with Crippen LogP contribution in [0.4, 0.5) is 5.82 Å². The van der Waals surface area contributed by atoms with E-state index < -0.39 is 5.41 Å². The molecule has 2 aliphatic heterocycles. The van der Waals surface area contributed by atoms with E-state index in [2.05, 4.69) is 23.1 Å². The zero-order chi connectivity index (χ0) is 19.7. The smallest absolute Gasteiger partial charge is 0.234 e. The van der Waals surface area contributed by atoms with Gasteiger partial charge < -0.3 is 9.64 Å². The number of fused-ring (bicyclic) bond motifs is 3. The molecule has 0 amide bonds. The summed E-state index contributed by atoms with van der Waals surface area (Å²) in [7, 11) is 0. The van der Waals surface area contributed by atoms with Crippen molar-refractivity contribution in [2.75, 3.05) is 18.1 Å². The first kappa shape index (κ1) is 17.8. The van der Waals surface area contributed by atoms with E-state index in [0.29, 0.717) is 18.1 Å². The molecule has 2 aliphatic rings. The van der Waals surface area contributed by atoms with E-state index in [1.807, 2.05) is 37.3 Å². The molecule has 1 fully saturated rings. The molecule has 1 unspecified atom stereocenters. The van der Waals surface area contributed by atoms with Gasteiger partial charge in [-0.05, 0) is 25.3 Å². The third-order valence-corrected chi connectivity index (χ3v) is 5.65. The predicted octanol–water partition coefficient (Wildman–Crippen LogP) is 3.58. The van der Waals surface area contributed by atoms with Crippen molar-refractivity contribution in [2.24, 2.45) is 5.41 Å². The lowest BCUT2D eigenvalue weighted by atomic mass is 9.72. The van der Waals surface area contributed by atoms with Crippen LogP contribution in [0.2, 0.25) is 0 Å². The van der Waals surface area contributed by atoms with Gasteiger partial charge in [0, 0.05) is 24.1 Å². The Labute approximate surface area is 164 Å². The zero-order valence-electron chi connectivity index (χ0n) is 15.6. The molecule has 138 valence electrons. The Morgan fingerprint density at radius 3 is 2.61 bits per heavy atom. The van der Waals surface area contributed by atoms with E-state index in [9.17, 15) is 15.8 Å². The third-order valence-electron chi connectivity index (χ3n) is 5.65. The summed E-state index contributed by atoms with van der Waals surface area (Å²) in [5.41, 5.74) is 1.58. The van der Waals surface area contributed by atoms with E-state index >= 15 is 0 Å². The highest BCUT2D eigenvalue weighted by molar-refractivity contribution is 5.82. The summed E-state index contributed by atoms with van der Waals surface area (Å²) in [5, 5.41) is 29.8. The van der Waals surface area contributed by atoms with Crippen LogP contribution in [0.1, 0.15) is 30.9 Å². The summed E-state index contributed by atoms with van der Waals surface area (Å²) in [5.74, 6) is 1.06. The van der Waals surface area contributed by atoms with E-state index in [1.54, 1.807) is 0 Å². The molecule has 0 aliphatic carbocycles. The number of hydrogen-bond acceptors (Lipinski definition) is 6. The van der Waals surface area contributed by atoms with E-state index in [0.717, 1.165) is 41.9 Å². The molecule has 1 atom stereocenters. The van der Waals surface area contributed by atoms with Gasteiger partial charge >= 0.3 is 0 Å². The molecule has 2 aromatic rings. The molecule has 28 heavy (non-hydrogen) atoms. The molecule has 6 nitrogen and oxygen atoms in total. The minimum absolute atomic E-state index is 0.187. The fourth-order valence-electron chi connectivity index (χ4n) is 4.44. The van der Waals surface area contributed by atoms with Crippen molar-refractivity contribution in [3.8, 4) is 35.2 Å². The molecule has 1 saturated heterocycles. The standard InChI is InChI=1S/C22H19N5O/c1-2-28-21-17(12-23)19(15-7-4-3-5-8-15)16-11-22(13-24,14-25)18-9-6-10-27(18)20(16)26-21/h3-5,7-8,18H,2,6,9-11H2,1H3. The van der Waals surface area contributed by atoms with Crippen LogP contribution in [0, 0.1) is 39.4 Å². The summed E-state index contributed by atoms with van der Waals surface area (Å²) in [4.78, 5) is 6.77. The van der Waals surface area contributed by atoms with Crippen molar-refractivity contribution < 1.29 is 4.74 Å².